The number of hydrogen-bond donors (Lipinski definition) is 3. The molecule has 0 aromatic rings. The number of carbonyl (C=O) groups is 1. The predicted molar refractivity (Wildman–Crippen MR) is 81.2 cm³/mol. The highest BCUT2D eigenvalue weighted by atomic mass is 32.2. The Morgan fingerprint density at radius 1 is 1.21 bits per heavy atom. The van der Waals surface area contributed by atoms with E-state index >= 15 is 0 Å². The minimum absolute atomic E-state index is 0.136. The van der Waals surface area contributed by atoms with Crippen molar-refractivity contribution in [1.29, 1.82) is 0 Å². The van der Waals surface area contributed by atoms with Crippen LogP contribution in [0.1, 0.15) is 6.42 Å². The molecule has 2 aliphatic heterocycles. The number of rotatable bonds is 6. The van der Waals surface area contributed by atoms with Crippen molar-refractivity contribution in [3.8, 4) is 0 Å². The van der Waals surface area contributed by atoms with Crippen LogP contribution in [0.15, 0.2) is 9.98 Å². The Bertz CT molecular complexity index is 413. The summed E-state index contributed by atoms with van der Waals surface area (Å²) in [5.74, 6) is 0.741. The Balaban J connectivity index is 2.11. The van der Waals surface area contributed by atoms with E-state index in [1.807, 2.05) is 0 Å². The first kappa shape index (κ1) is 14.8. The molecule has 2 unspecified atom stereocenters. The molecule has 6 nitrogen and oxygen atoms in total. The van der Waals surface area contributed by atoms with Gasteiger partial charge in [0.15, 0.2) is 0 Å². The lowest BCUT2D eigenvalue weighted by Gasteiger charge is -2.24. The lowest BCUT2D eigenvalue weighted by Crippen LogP contribution is -2.44. The molecule has 5 N–H and O–H groups in total. The molecule has 2 rings (SSSR count). The fourth-order valence-electron chi connectivity index (χ4n) is 2.08. The third kappa shape index (κ3) is 3.71. The molecule has 0 fully saturated rings. The van der Waals surface area contributed by atoms with Crippen LogP contribution in [0.25, 0.3) is 0 Å². The fraction of sp³-hybridized carbons (Fsp3) is 0.727. The topological polar surface area (TPSA) is 114 Å². The van der Waals surface area contributed by atoms with E-state index in [0.29, 0.717) is 6.42 Å². The van der Waals surface area contributed by atoms with Crippen molar-refractivity contribution in [3.63, 3.8) is 0 Å². The van der Waals surface area contributed by atoms with Crippen molar-refractivity contribution in [2.75, 3.05) is 24.6 Å². The highest BCUT2D eigenvalue weighted by Crippen LogP contribution is 2.28. The van der Waals surface area contributed by atoms with Crippen LogP contribution in [0, 0.1) is 5.92 Å². The zero-order valence-corrected chi connectivity index (χ0v) is 12.1. The molecule has 0 amide bonds. The molecule has 0 spiro atoms. The Kier molecular flexibility index (Phi) is 5.26. The molecule has 0 radical (unpaired) electrons. The number of hydrogen-bond acceptors (Lipinski definition) is 7. The highest BCUT2D eigenvalue weighted by Gasteiger charge is 2.33. The molecule has 0 bridgehead atoms. The smallest absolute Gasteiger partial charge is 0.320 e. The van der Waals surface area contributed by atoms with Gasteiger partial charge in [-0.05, 0) is 6.42 Å². The molecule has 2 aliphatic rings. The maximum Gasteiger partial charge on any atom is 0.320 e. The molecule has 3 atom stereocenters. The van der Waals surface area contributed by atoms with Crippen molar-refractivity contribution < 1.29 is 9.90 Å². The van der Waals surface area contributed by atoms with E-state index in [1.165, 1.54) is 0 Å². The van der Waals surface area contributed by atoms with Crippen LogP contribution in [0.5, 0.6) is 0 Å². The monoisotopic (exact) mass is 302 g/mol. The van der Waals surface area contributed by atoms with Crippen LogP contribution >= 0.6 is 23.5 Å². The number of nitrogens with two attached hydrogens (primary N) is 2. The van der Waals surface area contributed by atoms with Crippen LogP contribution in [0.3, 0.4) is 0 Å². The van der Waals surface area contributed by atoms with Gasteiger partial charge in [0.1, 0.15) is 6.04 Å². The number of nitrogens with zero attached hydrogens (tertiary/aromatic N) is 2. The molecular formula is C11H18N4O2S2. The van der Waals surface area contributed by atoms with Gasteiger partial charge >= 0.3 is 5.97 Å². The quantitative estimate of drug-likeness (QED) is 0.637. The van der Waals surface area contributed by atoms with E-state index in [1.54, 1.807) is 23.5 Å². The van der Waals surface area contributed by atoms with Crippen molar-refractivity contribution in [3.05, 3.63) is 0 Å². The second kappa shape index (κ2) is 6.74. The molecule has 8 heteroatoms. The summed E-state index contributed by atoms with van der Waals surface area (Å²) in [4.78, 5) is 19.8. The van der Waals surface area contributed by atoms with Gasteiger partial charge in [-0.25, -0.2) is 0 Å². The van der Waals surface area contributed by atoms with E-state index in [2.05, 4.69) is 9.98 Å². The number of carboxylic acids is 1. The average Bonchev–Trinajstić information content (AvgIpc) is 3.06. The lowest BCUT2D eigenvalue weighted by atomic mass is 9.94. The number of carboxylic acid groups (broad SMARTS) is 1. The fourth-order valence-corrected chi connectivity index (χ4v) is 4.04. The number of thioether (sulfide) groups is 2. The van der Waals surface area contributed by atoms with Gasteiger partial charge in [0.2, 0.25) is 0 Å². The summed E-state index contributed by atoms with van der Waals surface area (Å²) in [6.07, 6.45) is 0.307. The molecule has 2 heterocycles. The maximum absolute atomic E-state index is 10.9. The van der Waals surface area contributed by atoms with Gasteiger partial charge in [-0.3, -0.25) is 14.8 Å². The molecule has 106 valence electrons. The minimum atomic E-state index is -0.998. The van der Waals surface area contributed by atoms with Gasteiger partial charge < -0.3 is 16.6 Å². The SMILES string of the molecule is NC(C1=NCCS1)C(C[C@@H](N)C(=O)O)C1=NCCS1. The lowest BCUT2D eigenvalue weighted by molar-refractivity contribution is -0.138. The van der Waals surface area contributed by atoms with Crippen molar-refractivity contribution in [1.82, 2.24) is 0 Å². The van der Waals surface area contributed by atoms with E-state index in [-0.39, 0.29) is 12.0 Å². The van der Waals surface area contributed by atoms with Gasteiger partial charge in [-0.2, -0.15) is 0 Å². The molecule has 0 aliphatic carbocycles. The largest absolute Gasteiger partial charge is 0.480 e. The summed E-state index contributed by atoms with van der Waals surface area (Å²) in [6.45, 7) is 1.55. The molecule has 19 heavy (non-hydrogen) atoms. The van der Waals surface area contributed by atoms with E-state index in [0.717, 1.165) is 34.7 Å². The predicted octanol–water partition coefficient (Wildman–Crippen LogP) is 0.0225. The number of aliphatic carboxylic acids is 1. The minimum Gasteiger partial charge on any atom is -0.480 e. The molecule has 0 saturated heterocycles. The summed E-state index contributed by atoms with van der Waals surface area (Å²) in [5.41, 5.74) is 11.9. The zero-order valence-electron chi connectivity index (χ0n) is 10.5. The average molecular weight is 302 g/mol. The maximum atomic E-state index is 10.9. The highest BCUT2D eigenvalue weighted by molar-refractivity contribution is 8.14. The van der Waals surface area contributed by atoms with Gasteiger partial charge in [-0.1, -0.05) is 0 Å². The second-order valence-electron chi connectivity index (χ2n) is 4.45. The molecular weight excluding hydrogens is 284 g/mol. The summed E-state index contributed by atoms with van der Waals surface area (Å²) < 4.78 is 0. The molecule has 0 aromatic heterocycles. The number of aliphatic imine (C=N–C) groups is 2. The van der Waals surface area contributed by atoms with Crippen molar-refractivity contribution >= 4 is 39.6 Å². The van der Waals surface area contributed by atoms with Crippen LogP contribution < -0.4 is 11.5 Å². The van der Waals surface area contributed by atoms with Crippen LogP contribution in [-0.2, 0) is 4.79 Å². The van der Waals surface area contributed by atoms with Crippen LogP contribution in [0.4, 0.5) is 0 Å². The summed E-state index contributed by atoms with van der Waals surface area (Å²) in [7, 11) is 0. The standard InChI is InChI=1S/C11H18N4O2S2/c12-7(11(16)17)5-6(9-14-1-3-18-9)8(13)10-15-2-4-19-10/h6-8H,1-5,12-13H2,(H,16,17)/t6?,7-,8?/m1/s1. The van der Waals surface area contributed by atoms with Gasteiger partial charge in [0.25, 0.3) is 0 Å². The Labute approximate surface area is 120 Å². The Morgan fingerprint density at radius 3 is 2.26 bits per heavy atom. The van der Waals surface area contributed by atoms with Gasteiger partial charge in [0, 0.05) is 30.5 Å². The zero-order chi connectivity index (χ0) is 13.8. The summed E-state index contributed by atoms with van der Waals surface area (Å²) >= 11 is 3.29. The molecule has 0 aromatic carbocycles. The first-order valence-electron chi connectivity index (χ1n) is 6.18. The second-order valence-corrected chi connectivity index (χ2v) is 6.68. The van der Waals surface area contributed by atoms with Gasteiger partial charge in [0.05, 0.1) is 16.1 Å². The van der Waals surface area contributed by atoms with Crippen LogP contribution in [-0.4, -0.2) is 57.8 Å². The van der Waals surface area contributed by atoms with Crippen LogP contribution in [0.2, 0.25) is 0 Å². The van der Waals surface area contributed by atoms with E-state index < -0.39 is 12.0 Å². The third-order valence-electron chi connectivity index (χ3n) is 3.08. The summed E-state index contributed by atoms with van der Waals surface area (Å²) in [6, 6.07) is -1.20. The first-order chi connectivity index (χ1) is 9.09. The third-order valence-corrected chi connectivity index (χ3v) is 5.28. The molecule has 0 saturated carbocycles. The first-order valence-corrected chi connectivity index (χ1v) is 8.15. The van der Waals surface area contributed by atoms with Gasteiger partial charge in [-0.15, -0.1) is 23.5 Å². The van der Waals surface area contributed by atoms with E-state index in [9.17, 15) is 4.79 Å². The Hall–Kier alpha value is -0.570. The summed E-state index contributed by atoms with van der Waals surface area (Å²) in [5, 5.41) is 10.8. The van der Waals surface area contributed by atoms with Crippen molar-refractivity contribution in [2.24, 2.45) is 27.4 Å². The normalized spacial score (nSPS) is 23.7. The van der Waals surface area contributed by atoms with Crippen molar-refractivity contribution in [2.45, 2.75) is 18.5 Å². The van der Waals surface area contributed by atoms with E-state index in [4.69, 9.17) is 16.6 Å². The Morgan fingerprint density at radius 2 is 1.79 bits per heavy atom.